The van der Waals surface area contributed by atoms with Gasteiger partial charge in [0.15, 0.2) is 0 Å². The lowest BCUT2D eigenvalue weighted by atomic mass is 10.2. The molecule has 0 atom stereocenters. The van der Waals surface area contributed by atoms with Gasteiger partial charge in [-0.3, -0.25) is 4.57 Å². The van der Waals surface area contributed by atoms with Crippen molar-refractivity contribution in [1.29, 1.82) is 0 Å². The molecule has 0 radical (unpaired) electrons. The average molecular weight is 327 g/mol. The summed E-state index contributed by atoms with van der Waals surface area (Å²) < 4.78 is 26.1. The number of imidazole rings is 1. The lowest BCUT2D eigenvalue weighted by molar-refractivity contribution is 0.413. The van der Waals surface area contributed by atoms with E-state index in [1.807, 2.05) is 31.2 Å². The monoisotopic (exact) mass is 327 g/mol. The molecule has 0 aliphatic rings. The predicted molar refractivity (Wildman–Crippen MR) is 91.2 cm³/mol. The minimum atomic E-state index is -0.431. The van der Waals surface area contributed by atoms with Crippen molar-refractivity contribution in [2.24, 2.45) is 0 Å². The van der Waals surface area contributed by atoms with Gasteiger partial charge in [0.05, 0.1) is 31.3 Å². The predicted octanol–water partition coefficient (Wildman–Crippen LogP) is 3.59. The Hall–Kier alpha value is -3.02. The third-order valence-electron chi connectivity index (χ3n) is 3.72. The number of aryl methyl sites for hydroxylation is 1. The number of ether oxygens (including phenoxy) is 2. The van der Waals surface area contributed by atoms with Crippen LogP contribution in [-0.4, -0.2) is 23.8 Å². The Morgan fingerprint density at radius 1 is 1.12 bits per heavy atom. The molecule has 0 unspecified atom stereocenters. The van der Waals surface area contributed by atoms with Gasteiger partial charge in [0.1, 0.15) is 23.1 Å². The van der Waals surface area contributed by atoms with E-state index in [1.54, 1.807) is 17.9 Å². The first-order valence-corrected chi connectivity index (χ1v) is 7.37. The Bertz CT molecular complexity index is 890. The van der Waals surface area contributed by atoms with Crippen LogP contribution in [0.4, 0.5) is 10.1 Å². The molecule has 124 valence electrons. The van der Waals surface area contributed by atoms with Crippen LogP contribution in [0.5, 0.6) is 11.5 Å². The van der Waals surface area contributed by atoms with Gasteiger partial charge < -0.3 is 15.2 Å². The molecule has 3 aromatic rings. The number of rotatable bonds is 4. The first kappa shape index (κ1) is 15.9. The van der Waals surface area contributed by atoms with Crippen LogP contribution in [-0.2, 0) is 0 Å². The van der Waals surface area contributed by atoms with Crippen LogP contribution >= 0.6 is 0 Å². The van der Waals surface area contributed by atoms with Crippen LogP contribution in [0.1, 0.15) is 5.69 Å². The second kappa shape index (κ2) is 6.23. The van der Waals surface area contributed by atoms with Gasteiger partial charge in [0.2, 0.25) is 0 Å². The molecule has 0 fully saturated rings. The molecule has 0 bridgehead atoms. The van der Waals surface area contributed by atoms with Crippen molar-refractivity contribution in [3.05, 3.63) is 54.1 Å². The number of aromatic nitrogens is 2. The van der Waals surface area contributed by atoms with Crippen molar-refractivity contribution in [3.63, 3.8) is 0 Å². The maximum Gasteiger partial charge on any atom is 0.146 e. The highest BCUT2D eigenvalue weighted by Gasteiger charge is 2.16. The lowest BCUT2D eigenvalue weighted by Crippen LogP contribution is -2.04. The number of nitrogen functional groups attached to an aromatic ring is 1. The van der Waals surface area contributed by atoms with Crippen molar-refractivity contribution in [1.82, 2.24) is 9.55 Å². The number of nitrogens with two attached hydrogens (primary N) is 1. The van der Waals surface area contributed by atoms with Crippen LogP contribution in [0.25, 0.3) is 17.1 Å². The number of anilines is 1. The number of nitrogens with zero attached hydrogens (tertiary/aromatic N) is 2. The summed E-state index contributed by atoms with van der Waals surface area (Å²) in [7, 11) is 3.06. The van der Waals surface area contributed by atoms with Crippen molar-refractivity contribution in [2.45, 2.75) is 6.92 Å². The topological polar surface area (TPSA) is 62.3 Å². The van der Waals surface area contributed by atoms with Gasteiger partial charge in [-0.1, -0.05) is 12.1 Å². The molecule has 2 N–H and O–H groups in total. The Morgan fingerprint density at radius 2 is 1.92 bits per heavy atom. The molecule has 5 nitrogen and oxygen atoms in total. The van der Waals surface area contributed by atoms with Gasteiger partial charge in [-0.05, 0) is 19.1 Å². The van der Waals surface area contributed by atoms with Crippen molar-refractivity contribution < 1.29 is 13.9 Å². The Balaban J connectivity index is 2.22. The molecule has 0 aliphatic heterocycles. The van der Waals surface area contributed by atoms with E-state index in [1.165, 1.54) is 19.2 Å². The molecule has 24 heavy (non-hydrogen) atoms. The minimum absolute atomic E-state index is 0.285. The molecule has 6 heteroatoms. The Kier molecular flexibility index (Phi) is 4.12. The molecule has 0 amide bonds. The fourth-order valence-electron chi connectivity index (χ4n) is 2.59. The van der Waals surface area contributed by atoms with Gasteiger partial charge in [-0.25, -0.2) is 9.37 Å². The summed E-state index contributed by atoms with van der Waals surface area (Å²) in [6, 6.07) is 10.1. The van der Waals surface area contributed by atoms with Gasteiger partial charge >= 0.3 is 0 Å². The van der Waals surface area contributed by atoms with Gasteiger partial charge in [0.25, 0.3) is 0 Å². The van der Waals surface area contributed by atoms with Crippen molar-refractivity contribution in [3.8, 4) is 28.6 Å². The molecule has 3 rings (SSSR count). The largest absolute Gasteiger partial charge is 0.497 e. The molecule has 0 saturated heterocycles. The second-order valence-corrected chi connectivity index (χ2v) is 5.35. The summed E-state index contributed by atoms with van der Waals surface area (Å²) in [5.74, 6) is 1.21. The van der Waals surface area contributed by atoms with E-state index in [-0.39, 0.29) is 5.75 Å². The van der Waals surface area contributed by atoms with E-state index in [0.717, 1.165) is 11.3 Å². The summed E-state index contributed by atoms with van der Waals surface area (Å²) in [6.07, 6.45) is 1.80. The van der Waals surface area contributed by atoms with E-state index in [4.69, 9.17) is 15.2 Å². The van der Waals surface area contributed by atoms with Crippen LogP contribution in [0.15, 0.2) is 42.6 Å². The zero-order valence-electron chi connectivity index (χ0n) is 13.7. The standard InChI is InChI=1S/C18H18FN3O2/c1-11-10-22(15-8-13(19)9-16(24-3)17(15)20)18(21-11)12-5-4-6-14(7-12)23-2/h4-10H,20H2,1-3H3. The Labute approximate surface area is 139 Å². The SMILES string of the molecule is COc1cccc(-c2nc(C)cn2-c2cc(F)cc(OC)c2N)c1. The van der Waals surface area contributed by atoms with Crippen LogP contribution in [0, 0.1) is 12.7 Å². The molecule has 0 aliphatic carbocycles. The normalized spacial score (nSPS) is 10.7. The zero-order valence-corrected chi connectivity index (χ0v) is 13.7. The highest BCUT2D eigenvalue weighted by molar-refractivity contribution is 5.71. The number of hydrogen-bond donors (Lipinski definition) is 1. The minimum Gasteiger partial charge on any atom is -0.497 e. The highest BCUT2D eigenvalue weighted by atomic mass is 19.1. The van der Waals surface area contributed by atoms with Crippen LogP contribution in [0.3, 0.4) is 0 Å². The average Bonchev–Trinajstić information content (AvgIpc) is 2.98. The van der Waals surface area contributed by atoms with Crippen LogP contribution < -0.4 is 15.2 Å². The van der Waals surface area contributed by atoms with Gasteiger partial charge in [-0.15, -0.1) is 0 Å². The maximum atomic E-state index is 14.0. The molecular formula is C18H18FN3O2. The van der Waals surface area contributed by atoms with Gasteiger partial charge in [-0.2, -0.15) is 0 Å². The Morgan fingerprint density at radius 3 is 2.62 bits per heavy atom. The van der Waals surface area contributed by atoms with E-state index < -0.39 is 5.82 Å². The fourth-order valence-corrected chi connectivity index (χ4v) is 2.59. The number of benzene rings is 2. The third kappa shape index (κ3) is 2.78. The smallest absolute Gasteiger partial charge is 0.146 e. The van der Waals surface area contributed by atoms with Crippen molar-refractivity contribution in [2.75, 3.05) is 20.0 Å². The number of hydrogen-bond acceptors (Lipinski definition) is 4. The van der Waals surface area contributed by atoms with Gasteiger partial charge in [0, 0.05) is 23.9 Å². The molecule has 1 aromatic heterocycles. The molecule has 2 aromatic carbocycles. The molecule has 1 heterocycles. The summed E-state index contributed by atoms with van der Waals surface area (Å²) in [4.78, 5) is 4.55. The van der Waals surface area contributed by atoms with E-state index in [0.29, 0.717) is 22.9 Å². The van der Waals surface area contributed by atoms with E-state index in [2.05, 4.69) is 4.98 Å². The third-order valence-corrected chi connectivity index (χ3v) is 3.72. The first-order chi connectivity index (χ1) is 11.5. The highest BCUT2D eigenvalue weighted by Crippen LogP contribution is 2.33. The van der Waals surface area contributed by atoms with Crippen molar-refractivity contribution >= 4 is 5.69 Å². The summed E-state index contributed by atoms with van der Waals surface area (Å²) in [5, 5.41) is 0. The first-order valence-electron chi connectivity index (χ1n) is 7.37. The second-order valence-electron chi connectivity index (χ2n) is 5.35. The summed E-state index contributed by atoms with van der Waals surface area (Å²) in [5.41, 5.74) is 8.59. The molecule has 0 saturated carbocycles. The number of halogens is 1. The number of methoxy groups -OCH3 is 2. The van der Waals surface area contributed by atoms with E-state index in [9.17, 15) is 4.39 Å². The molecule has 0 spiro atoms. The van der Waals surface area contributed by atoms with E-state index >= 15 is 0 Å². The zero-order chi connectivity index (χ0) is 17.3. The molecular weight excluding hydrogens is 309 g/mol. The quantitative estimate of drug-likeness (QED) is 0.744. The summed E-state index contributed by atoms with van der Waals surface area (Å²) >= 11 is 0. The summed E-state index contributed by atoms with van der Waals surface area (Å²) in [6.45, 7) is 1.87. The fraction of sp³-hybridized carbons (Fsp3) is 0.167. The lowest BCUT2D eigenvalue weighted by Gasteiger charge is -2.14. The van der Waals surface area contributed by atoms with Crippen LogP contribution in [0.2, 0.25) is 0 Å². The maximum absolute atomic E-state index is 14.0.